The van der Waals surface area contributed by atoms with E-state index in [-0.39, 0.29) is 5.41 Å². The quantitative estimate of drug-likeness (QED) is 0.719. The Hall–Kier alpha value is -0.820. The summed E-state index contributed by atoms with van der Waals surface area (Å²) in [7, 11) is 0. The fraction of sp³-hybridized carbons (Fsp3) is 0.667. The average Bonchev–Trinajstić information content (AvgIpc) is 2.37. The third-order valence-electron chi connectivity index (χ3n) is 3.88. The van der Waals surface area contributed by atoms with E-state index in [1.54, 1.807) is 0 Å². The van der Waals surface area contributed by atoms with Gasteiger partial charge >= 0.3 is 0 Å². The van der Waals surface area contributed by atoms with E-state index in [4.69, 9.17) is 0 Å². The predicted molar refractivity (Wildman–Crippen MR) is 85.6 cm³/mol. The summed E-state index contributed by atoms with van der Waals surface area (Å²) in [6.45, 7) is 13.7. The molecule has 1 rings (SSSR count). The molecule has 19 heavy (non-hydrogen) atoms. The maximum atomic E-state index is 3.68. The van der Waals surface area contributed by atoms with Crippen LogP contribution in [0.25, 0.3) is 0 Å². The molecule has 1 heteroatoms. The Morgan fingerprint density at radius 1 is 1.00 bits per heavy atom. The highest BCUT2D eigenvalue weighted by Crippen LogP contribution is 2.34. The Kier molecular flexibility index (Phi) is 6.57. The average molecular weight is 261 g/mol. The van der Waals surface area contributed by atoms with E-state index in [0.717, 1.165) is 19.0 Å². The van der Waals surface area contributed by atoms with Gasteiger partial charge in [-0.3, -0.25) is 0 Å². The molecule has 1 atom stereocenters. The summed E-state index contributed by atoms with van der Waals surface area (Å²) < 4.78 is 0. The van der Waals surface area contributed by atoms with E-state index < -0.39 is 0 Å². The Balaban J connectivity index is 2.88. The maximum absolute atomic E-state index is 3.68. The summed E-state index contributed by atoms with van der Waals surface area (Å²) in [6.07, 6.45) is 2.44. The first kappa shape index (κ1) is 16.2. The van der Waals surface area contributed by atoms with Crippen LogP contribution in [0.3, 0.4) is 0 Å². The molecule has 0 saturated heterocycles. The van der Waals surface area contributed by atoms with Gasteiger partial charge in [0, 0.05) is 12.0 Å². The first-order valence-corrected chi connectivity index (χ1v) is 7.76. The van der Waals surface area contributed by atoms with Crippen molar-refractivity contribution >= 4 is 0 Å². The van der Waals surface area contributed by atoms with Crippen LogP contribution in [0.5, 0.6) is 0 Å². The zero-order chi connectivity index (χ0) is 14.3. The Labute approximate surface area is 119 Å². The number of hydrogen-bond acceptors (Lipinski definition) is 1. The predicted octanol–water partition coefficient (Wildman–Crippen LogP) is 4.63. The topological polar surface area (TPSA) is 12.0 Å². The third-order valence-corrected chi connectivity index (χ3v) is 3.88. The van der Waals surface area contributed by atoms with Crippen LogP contribution in [0.2, 0.25) is 0 Å². The van der Waals surface area contributed by atoms with E-state index in [1.807, 2.05) is 0 Å². The smallest absolute Gasteiger partial charge is 0.00776 e. The second kappa shape index (κ2) is 7.69. The summed E-state index contributed by atoms with van der Waals surface area (Å²) in [6, 6.07) is 11.0. The molecule has 0 saturated carbocycles. The monoisotopic (exact) mass is 261 g/mol. The van der Waals surface area contributed by atoms with Gasteiger partial charge < -0.3 is 5.32 Å². The highest BCUT2D eigenvalue weighted by molar-refractivity contribution is 5.26. The van der Waals surface area contributed by atoms with Gasteiger partial charge in [-0.25, -0.2) is 0 Å². The van der Waals surface area contributed by atoms with Gasteiger partial charge in [-0.2, -0.15) is 0 Å². The van der Waals surface area contributed by atoms with Gasteiger partial charge in [0.2, 0.25) is 0 Å². The summed E-state index contributed by atoms with van der Waals surface area (Å²) >= 11 is 0. The van der Waals surface area contributed by atoms with Crippen molar-refractivity contribution in [3.8, 4) is 0 Å². The lowest BCUT2D eigenvalue weighted by molar-refractivity contribution is 0.306. The van der Waals surface area contributed by atoms with Crippen molar-refractivity contribution in [1.82, 2.24) is 5.32 Å². The molecule has 0 amide bonds. The first-order valence-electron chi connectivity index (χ1n) is 7.76. The van der Waals surface area contributed by atoms with Crippen LogP contribution in [-0.4, -0.2) is 13.1 Å². The zero-order valence-corrected chi connectivity index (χ0v) is 13.4. The molecule has 0 heterocycles. The zero-order valence-electron chi connectivity index (χ0n) is 13.4. The standard InChI is InChI=1S/C18H31N/c1-6-18(12-15(2)3,14-19-13-16(4)5)17-10-8-7-9-11-17/h7-11,15-16,19H,6,12-14H2,1-5H3. The van der Waals surface area contributed by atoms with Crippen LogP contribution in [-0.2, 0) is 5.41 Å². The van der Waals surface area contributed by atoms with Gasteiger partial charge in [0.25, 0.3) is 0 Å². The van der Waals surface area contributed by atoms with Gasteiger partial charge in [0.05, 0.1) is 0 Å². The minimum Gasteiger partial charge on any atom is -0.316 e. The molecule has 1 aromatic carbocycles. The van der Waals surface area contributed by atoms with Crippen molar-refractivity contribution in [3.63, 3.8) is 0 Å². The molecule has 108 valence electrons. The molecular formula is C18H31N. The summed E-state index contributed by atoms with van der Waals surface area (Å²) in [5, 5.41) is 3.68. The SMILES string of the molecule is CCC(CNCC(C)C)(CC(C)C)c1ccccc1. The number of hydrogen-bond donors (Lipinski definition) is 1. The lowest BCUT2D eigenvalue weighted by atomic mass is 9.72. The molecule has 1 N–H and O–H groups in total. The lowest BCUT2D eigenvalue weighted by Crippen LogP contribution is -2.40. The van der Waals surface area contributed by atoms with Crippen molar-refractivity contribution in [2.45, 2.75) is 52.9 Å². The minimum absolute atomic E-state index is 0.282. The fourth-order valence-electron chi connectivity index (χ4n) is 2.94. The second-order valence-electron chi connectivity index (χ2n) is 6.62. The van der Waals surface area contributed by atoms with Crippen LogP contribution in [0.15, 0.2) is 30.3 Å². The van der Waals surface area contributed by atoms with E-state index in [2.05, 4.69) is 70.3 Å². The van der Waals surface area contributed by atoms with Crippen molar-refractivity contribution in [1.29, 1.82) is 0 Å². The number of rotatable bonds is 8. The summed E-state index contributed by atoms with van der Waals surface area (Å²) in [4.78, 5) is 0. The van der Waals surface area contributed by atoms with Crippen LogP contribution < -0.4 is 5.32 Å². The molecule has 0 bridgehead atoms. The molecule has 0 aliphatic heterocycles. The van der Waals surface area contributed by atoms with Crippen molar-refractivity contribution < 1.29 is 0 Å². The van der Waals surface area contributed by atoms with Crippen LogP contribution in [0, 0.1) is 11.8 Å². The van der Waals surface area contributed by atoms with E-state index >= 15 is 0 Å². The number of nitrogens with one attached hydrogen (secondary N) is 1. The van der Waals surface area contributed by atoms with Crippen molar-refractivity contribution in [2.24, 2.45) is 11.8 Å². The molecule has 1 nitrogen and oxygen atoms in total. The first-order chi connectivity index (χ1) is 9.00. The van der Waals surface area contributed by atoms with E-state index in [0.29, 0.717) is 5.92 Å². The lowest BCUT2D eigenvalue weighted by Gasteiger charge is -2.36. The largest absolute Gasteiger partial charge is 0.316 e. The van der Waals surface area contributed by atoms with Gasteiger partial charge in [0.1, 0.15) is 0 Å². The molecular weight excluding hydrogens is 230 g/mol. The molecule has 1 aromatic rings. The van der Waals surface area contributed by atoms with Gasteiger partial charge in [-0.15, -0.1) is 0 Å². The Bertz CT molecular complexity index is 342. The number of benzene rings is 1. The molecule has 0 radical (unpaired) electrons. The normalized spacial score (nSPS) is 14.9. The van der Waals surface area contributed by atoms with E-state index in [1.165, 1.54) is 18.4 Å². The Morgan fingerprint density at radius 2 is 1.63 bits per heavy atom. The molecule has 0 aliphatic carbocycles. The highest BCUT2D eigenvalue weighted by atomic mass is 14.9. The summed E-state index contributed by atoms with van der Waals surface area (Å²) in [5.74, 6) is 1.44. The molecule has 0 aliphatic rings. The molecule has 0 fully saturated rings. The van der Waals surface area contributed by atoms with E-state index in [9.17, 15) is 0 Å². The highest BCUT2D eigenvalue weighted by Gasteiger charge is 2.30. The molecule has 0 spiro atoms. The van der Waals surface area contributed by atoms with Crippen molar-refractivity contribution in [2.75, 3.05) is 13.1 Å². The maximum Gasteiger partial charge on any atom is 0.00776 e. The van der Waals surface area contributed by atoms with Crippen LogP contribution >= 0.6 is 0 Å². The van der Waals surface area contributed by atoms with Crippen LogP contribution in [0.1, 0.15) is 53.0 Å². The van der Waals surface area contributed by atoms with Crippen LogP contribution in [0.4, 0.5) is 0 Å². The second-order valence-corrected chi connectivity index (χ2v) is 6.62. The Morgan fingerprint density at radius 3 is 2.11 bits per heavy atom. The van der Waals surface area contributed by atoms with Gasteiger partial charge in [0.15, 0.2) is 0 Å². The van der Waals surface area contributed by atoms with Gasteiger partial charge in [-0.05, 0) is 36.8 Å². The minimum atomic E-state index is 0.282. The fourth-order valence-corrected chi connectivity index (χ4v) is 2.94. The van der Waals surface area contributed by atoms with Gasteiger partial charge in [-0.1, -0.05) is 65.0 Å². The molecule has 0 aromatic heterocycles. The summed E-state index contributed by atoms with van der Waals surface area (Å²) in [5.41, 5.74) is 1.77. The van der Waals surface area contributed by atoms with Crippen molar-refractivity contribution in [3.05, 3.63) is 35.9 Å². The molecule has 1 unspecified atom stereocenters. The third kappa shape index (κ3) is 4.99.